The summed E-state index contributed by atoms with van der Waals surface area (Å²) in [6, 6.07) is 6.81. The van der Waals surface area contributed by atoms with E-state index in [1.807, 2.05) is 0 Å². The molecule has 1 aromatic carbocycles. The van der Waals surface area contributed by atoms with Gasteiger partial charge in [0, 0.05) is 31.4 Å². The van der Waals surface area contributed by atoms with Gasteiger partial charge in [-0.05, 0) is 56.9 Å². The van der Waals surface area contributed by atoms with Gasteiger partial charge in [-0.15, -0.1) is 0 Å². The van der Waals surface area contributed by atoms with Crippen molar-refractivity contribution in [2.24, 2.45) is 11.3 Å². The van der Waals surface area contributed by atoms with Crippen molar-refractivity contribution >= 4 is 29.1 Å². The number of nitrogens with zero attached hydrogens (tertiary/aromatic N) is 1. The fourth-order valence-corrected chi connectivity index (χ4v) is 2.83. The Morgan fingerprint density at radius 2 is 1.48 bits per heavy atom. The Labute approximate surface area is 149 Å². The van der Waals surface area contributed by atoms with Crippen LogP contribution in [0.2, 0.25) is 0 Å². The van der Waals surface area contributed by atoms with Gasteiger partial charge in [-0.1, -0.05) is 6.92 Å². The highest BCUT2D eigenvalue weighted by atomic mass is 16.2. The average molecular weight is 345 g/mol. The number of piperidine rings is 1. The summed E-state index contributed by atoms with van der Waals surface area (Å²) in [5, 5.41) is 5.46. The Bertz CT molecular complexity index is 644. The number of carbonyl (C=O) groups excluding carboxylic acids is 3. The molecular weight excluding hydrogens is 318 g/mol. The van der Waals surface area contributed by atoms with Crippen molar-refractivity contribution < 1.29 is 14.4 Å². The number of hydrogen-bond donors (Lipinski definition) is 2. The van der Waals surface area contributed by atoms with E-state index in [0.717, 1.165) is 12.8 Å². The van der Waals surface area contributed by atoms with Crippen molar-refractivity contribution in [3.63, 3.8) is 0 Å². The molecule has 1 aromatic rings. The molecule has 6 heteroatoms. The van der Waals surface area contributed by atoms with Gasteiger partial charge in [0.2, 0.25) is 17.7 Å². The van der Waals surface area contributed by atoms with Crippen LogP contribution < -0.4 is 10.6 Å². The van der Waals surface area contributed by atoms with Crippen molar-refractivity contribution in [1.82, 2.24) is 4.90 Å². The molecule has 136 valence electrons. The first kappa shape index (κ1) is 19.0. The first-order chi connectivity index (χ1) is 11.7. The van der Waals surface area contributed by atoms with Gasteiger partial charge in [0.1, 0.15) is 5.41 Å². The Morgan fingerprint density at radius 1 is 1.00 bits per heavy atom. The molecule has 1 aliphatic heterocycles. The minimum absolute atomic E-state index is 0.133. The molecule has 1 fully saturated rings. The van der Waals surface area contributed by atoms with Crippen molar-refractivity contribution in [3.8, 4) is 0 Å². The Kier molecular flexibility index (Phi) is 5.82. The maximum atomic E-state index is 12.8. The lowest BCUT2D eigenvalue weighted by Crippen LogP contribution is -2.49. The van der Waals surface area contributed by atoms with Crippen LogP contribution in [0.5, 0.6) is 0 Å². The topological polar surface area (TPSA) is 78.5 Å². The number of nitrogens with one attached hydrogen (secondary N) is 2. The number of hydrogen-bond acceptors (Lipinski definition) is 3. The van der Waals surface area contributed by atoms with Gasteiger partial charge in [-0.25, -0.2) is 0 Å². The normalized spacial score (nSPS) is 15.6. The number of carbonyl (C=O) groups is 3. The molecule has 0 saturated carbocycles. The van der Waals surface area contributed by atoms with E-state index in [-0.39, 0.29) is 17.7 Å². The molecule has 6 nitrogen and oxygen atoms in total. The van der Waals surface area contributed by atoms with Gasteiger partial charge in [0.25, 0.3) is 0 Å². The Morgan fingerprint density at radius 3 is 1.96 bits per heavy atom. The van der Waals surface area contributed by atoms with E-state index in [0.29, 0.717) is 30.4 Å². The molecule has 1 aliphatic rings. The number of amides is 3. The molecule has 0 aromatic heterocycles. The summed E-state index contributed by atoms with van der Waals surface area (Å²) in [6.07, 6.45) is 1.96. The highest BCUT2D eigenvalue weighted by Gasteiger charge is 2.39. The van der Waals surface area contributed by atoms with Gasteiger partial charge in [0.15, 0.2) is 0 Å². The van der Waals surface area contributed by atoms with E-state index in [4.69, 9.17) is 0 Å². The number of anilines is 2. The van der Waals surface area contributed by atoms with E-state index in [2.05, 4.69) is 17.6 Å². The fraction of sp³-hybridized carbons (Fsp3) is 0.526. The van der Waals surface area contributed by atoms with Gasteiger partial charge < -0.3 is 15.5 Å². The molecule has 0 atom stereocenters. The van der Waals surface area contributed by atoms with Gasteiger partial charge >= 0.3 is 0 Å². The summed E-state index contributed by atoms with van der Waals surface area (Å²) >= 11 is 0. The van der Waals surface area contributed by atoms with Gasteiger partial charge in [-0.3, -0.25) is 14.4 Å². The molecule has 1 heterocycles. The predicted octanol–water partition coefficient (Wildman–Crippen LogP) is 2.87. The van der Waals surface area contributed by atoms with Crippen LogP contribution in [-0.4, -0.2) is 35.7 Å². The van der Waals surface area contributed by atoms with E-state index in [1.165, 1.54) is 6.92 Å². The largest absolute Gasteiger partial charge is 0.342 e. The zero-order chi connectivity index (χ0) is 18.6. The third-order valence-corrected chi connectivity index (χ3v) is 4.64. The zero-order valence-corrected chi connectivity index (χ0v) is 15.4. The Balaban J connectivity index is 2.00. The monoisotopic (exact) mass is 345 g/mol. The fourth-order valence-electron chi connectivity index (χ4n) is 2.83. The zero-order valence-electron chi connectivity index (χ0n) is 15.4. The standard InChI is InChI=1S/C19H27N3O3/c1-13-9-11-22(12-10-13)18(25)19(3,4)17(24)21-16-7-5-15(6-8-16)20-14(2)23/h5-8,13H,9-12H2,1-4H3,(H,20,23)(H,21,24). The maximum Gasteiger partial charge on any atom is 0.239 e. The lowest BCUT2D eigenvalue weighted by Gasteiger charge is -2.35. The summed E-state index contributed by atoms with van der Waals surface area (Å²) in [6.45, 7) is 8.36. The second-order valence-electron chi connectivity index (χ2n) is 7.31. The maximum absolute atomic E-state index is 12.8. The summed E-state index contributed by atoms with van der Waals surface area (Å²) in [4.78, 5) is 38.2. The molecule has 3 amide bonds. The SMILES string of the molecule is CC(=O)Nc1ccc(NC(=O)C(C)(C)C(=O)N2CCC(C)CC2)cc1. The molecule has 2 N–H and O–H groups in total. The van der Waals surface area contributed by atoms with E-state index in [1.54, 1.807) is 43.0 Å². The molecule has 0 aliphatic carbocycles. The molecule has 0 bridgehead atoms. The third-order valence-electron chi connectivity index (χ3n) is 4.64. The van der Waals surface area contributed by atoms with E-state index < -0.39 is 5.41 Å². The number of benzene rings is 1. The minimum Gasteiger partial charge on any atom is -0.342 e. The van der Waals surface area contributed by atoms with Crippen LogP contribution in [0.15, 0.2) is 24.3 Å². The van der Waals surface area contributed by atoms with E-state index in [9.17, 15) is 14.4 Å². The molecular formula is C19H27N3O3. The molecule has 0 radical (unpaired) electrons. The van der Waals surface area contributed by atoms with Crippen LogP contribution in [0.3, 0.4) is 0 Å². The van der Waals surface area contributed by atoms with E-state index >= 15 is 0 Å². The molecule has 2 rings (SSSR count). The number of likely N-dealkylation sites (tertiary alicyclic amines) is 1. The lowest BCUT2D eigenvalue weighted by molar-refractivity contribution is -0.147. The first-order valence-electron chi connectivity index (χ1n) is 8.68. The van der Waals surface area contributed by atoms with Crippen molar-refractivity contribution in [2.45, 2.75) is 40.5 Å². The van der Waals surface area contributed by atoms with Crippen LogP contribution in [-0.2, 0) is 14.4 Å². The summed E-state index contributed by atoms with van der Waals surface area (Å²) < 4.78 is 0. The van der Waals surface area contributed by atoms with Crippen LogP contribution >= 0.6 is 0 Å². The lowest BCUT2D eigenvalue weighted by atomic mass is 9.88. The van der Waals surface area contributed by atoms with Crippen molar-refractivity contribution in [1.29, 1.82) is 0 Å². The highest BCUT2D eigenvalue weighted by Crippen LogP contribution is 2.26. The molecule has 0 spiro atoms. The Hall–Kier alpha value is -2.37. The van der Waals surface area contributed by atoms with Crippen LogP contribution in [0.4, 0.5) is 11.4 Å². The van der Waals surface area contributed by atoms with Crippen LogP contribution in [0, 0.1) is 11.3 Å². The highest BCUT2D eigenvalue weighted by molar-refractivity contribution is 6.09. The second-order valence-corrected chi connectivity index (χ2v) is 7.31. The second kappa shape index (κ2) is 7.68. The van der Waals surface area contributed by atoms with Crippen molar-refractivity contribution in [3.05, 3.63) is 24.3 Å². The van der Waals surface area contributed by atoms with Gasteiger partial charge in [-0.2, -0.15) is 0 Å². The van der Waals surface area contributed by atoms with Crippen LogP contribution in [0.1, 0.15) is 40.5 Å². The summed E-state index contributed by atoms with van der Waals surface area (Å²) in [5.41, 5.74) is 0.118. The third kappa shape index (κ3) is 4.81. The minimum atomic E-state index is -1.13. The van der Waals surface area contributed by atoms with Crippen LogP contribution in [0.25, 0.3) is 0 Å². The smallest absolute Gasteiger partial charge is 0.239 e. The van der Waals surface area contributed by atoms with Crippen molar-refractivity contribution in [2.75, 3.05) is 23.7 Å². The average Bonchev–Trinajstić information content (AvgIpc) is 2.56. The molecule has 0 unspecified atom stereocenters. The number of rotatable bonds is 4. The molecule has 1 saturated heterocycles. The molecule has 25 heavy (non-hydrogen) atoms. The predicted molar refractivity (Wildman–Crippen MR) is 98.1 cm³/mol. The van der Waals surface area contributed by atoms with Gasteiger partial charge in [0.05, 0.1) is 0 Å². The quantitative estimate of drug-likeness (QED) is 0.824. The first-order valence-corrected chi connectivity index (χ1v) is 8.68. The summed E-state index contributed by atoms with van der Waals surface area (Å²) in [7, 11) is 0. The summed E-state index contributed by atoms with van der Waals surface area (Å²) in [5.74, 6) is 0.0117.